The number of nitrogens with zero attached hydrogens (tertiary/aromatic N) is 2. The number of aryl methyl sites for hydroxylation is 1. The number of amides is 2. The molecule has 0 aromatic heterocycles. The van der Waals surface area contributed by atoms with Gasteiger partial charge in [-0.25, -0.2) is 8.42 Å². The van der Waals surface area contributed by atoms with Crippen molar-refractivity contribution >= 4 is 39.1 Å². The van der Waals surface area contributed by atoms with E-state index in [0.717, 1.165) is 21.0 Å². The predicted octanol–water partition coefficient (Wildman–Crippen LogP) is 5.62. The number of anilines is 1. The Morgan fingerprint density at radius 3 is 2.10 bits per heavy atom. The fourth-order valence-electron chi connectivity index (χ4n) is 4.74. The van der Waals surface area contributed by atoms with Crippen LogP contribution in [0.2, 0.25) is 5.02 Å². The van der Waals surface area contributed by atoms with Gasteiger partial charge in [0.2, 0.25) is 11.8 Å². The lowest BCUT2D eigenvalue weighted by molar-refractivity contribution is -0.140. The number of para-hydroxylation sites is 1. The van der Waals surface area contributed by atoms with Crippen molar-refractivity contribution < 1.29 is 18.0 Å². The van der Waals surface area contributed by atoms with Crippen LogP contribution in [0.5, 0.6) is 0 Å². The second-order valence-electron chi connectivity index (χ2n) is 9.89. The van der Waals surface area contributed by atoms with Gasteiger partial charge in [-0.1, -0.05) is 102 Å². The molecule has 0 saturated carbocycles. The third-order valence-electron chi connectivity index (χ3n) is 6.79. The molecule has 0 aliphatic rings. The Kier molecular flexibility index (Phi) is 10.4. The Labute approximate surface area is 252 Å². The molecule has 4 aromatic rings. The smallest absolute Gasteiger partial charge is 0.264 e. The average molecular weight is 604 g/mol. The molecular weight excluding hydrogens is 570 g/mol. The maximum Gasteiger partial charge on any atom is 0.264 e. The van der Waals surface area contributed by atoms with Crippen LogP contribution >= 0.6 is 11.6 Å². The van der Waals surface area contributed by atoms with Crippen molar-refractivity contribution in [3.63, 3.8) is 0 Å². The lowest BCUT2D eigenvalue weighted by atomic mass is 10.0. The average Bonchev–Trinajstić information content (AvgIpc) is 2.99. The van der Waals surface area contributed by atoms with E-state index in [1.165, 1.54) is 17.0 Å². The molecule has 1 N–H and O–H groups in total. The number of carbonyl (C=O) groups is 2. The van der Waals surface area contributed by atoms with Crippen LogP contribution in [0.1, 0.15) is 23.6 Å². The number of carbonyl (C=O) groups excluding carboxylic acids is 2. The summed E-state index contributed by atoms with van der Waals surface area (Å²) >= 11 is 6.49. The van der Waals surface area contributed by atoms with E-state index in [2.05, 4.69) is 5.32 Å². The molecule has 4 rings (SSSR count). The molecule has 0 saturated heterocycles. The number of sulfonamides is 1. The van der Waals surface area contributed by atoms with Crippen molar-refractivity contribution in [3.05, 3.63) is 131 Å². The first-order chi connectivity index (χ1) is 20.2. The van der Waals surface area contributed by atoms with E-state index >= 15 is 0 Å². The number of likely N-dealkylation sites (N-methyl/N-ethyl adjacent to an activating group) is 1. The summed E-state index contributed by atoms with van der Waals surface area (Å²) in [5.41, 5.74) is 2.86. The zero-order valence-corrected chi connectivity index (χ0v) is 25.2. The van der Waals surface area contributed by atoms with Crippen molar-refractivity contribution in [1.29, 1.82) is 0 Å². The third-order valence-corrected chi connectivity index (χ3v) is 8.88. The zero-order valence-electron chi connectivity index (χ0n) is 23.6. The molecule has 2 amide bonds. The highest BCUT2D eigenvalue weighted by Gasteiger charge is 2.35. The highest BCUT2D eigenvalue weighted by atomic mass is 35.5. The van der Waals surface area contributed by atoms with Gasteiger partial charge in [-0.15, -0.1) is 0 Å². The molecule has 7 nitrogen and oxygen atoms in total. The molecule has 1 atom stereocenters. The lowest BCUT2D eigenvalue weighted by Crippen LogP contribution is -2.53. The Morgan fingerprint density at radius 2 is 1.45 bits per heavy atom. The quantitative estimate of drug-likeness (QED) is 0.228. The van der Waals surface area contributed by atoms with Gasteiger partial charge >= 0.3 is 0 Å². The number of halogens is 1. The summed E-state index contributed by atoms with van der Waals surface area (Å²) in [5, 5.41) is 3.04. The number of nitrogens with one attached hydrogen (secondary N) is 1. The van der Waals surface area contributed by atoms with Crippen molar-refractivity contribution in [1.82, 2.24) is 10.2 Å². The summed E-state index contributed by atoms with van der Waals surface area (Å²) in [6.45, 7) is 3.70. The third kappa shape index (κ3) is 7.57. The molecule has 42 heavy (non-hydrogen) atoms. The molecule has 0 aliphatic carbocycles. The van der Waals surface area contributed by atoms with E-state index in [0.29, 0.717) is 6.54 Å². The van der Waals surface area contributed by atoms with Crippen LogP contribution in [0.25, 0.3) is 0 Å². The fourth-order valence-corrected chi connectivity index (χ4v) is 6.48. The second-order valence-corrected chi connectivity index (χ2v) is 12.2. The van der Waals surface area contributed by atoms with Gasteiger partial charge in [-0.05, 0) is 49.2 Å². The SMILES string of the molecule is CCNC(=O)C(Cc1ccccc1)N(Cc1cccc(C)c1)C(=O)CN(c1ccccc1Cl)S(=O)(=O)c1ccccc1. The lowest BCUT2D eigenvalue weighted by Gasteiger charge is -2.34. The van der Waals surface area contributed by atoms with Crippen molar-refractivity contribution in [2.75, 3.05) is 17.4 Å². The fraction of sp³-hybridized carbons (Fsp3) is 0.212. The second kappa shape index (κ2) is 14.2. The molecule has 0 spiro atoms. The van der Waals surface area contributed by atoms with Crippen LogP contribution in [0.4, 0.5) is 5.69 Å². The van der Waals surface area contributed by atoms with Gasteiger partial charge in [0, 0.05) is 19.5 Å². The molecule has 0 aliphatic heterocycles. The van der Waals surface area contributed by atoms with E-state index in [-0.39, 0.29) is 34.5 Å². The van der Waals surface area contributed by atoms with Crippen LogP contribution in [-0.4, -0.2) is 44.3 Å². The Morgan fingerprint density at radius 1 is 0.833 bits per heavy atom. The molecule has 0 radical (unpaired) electrons. The summed E-state index contributed by atoms with van der Waals surface area (Å²) in [6, 6.07) is 30.6. The minimum absolute atomic E-state index is 0.0208. The number of hydrogen-bond donors (Lipinski definition) is 1. The first kappa shape index (κ1) is 30.8. The Balaban J connectivity index is 1.80. The van der Waals surface area contributed by atoms with Crippen molar-refractivity contribution in [2.45, 2.75) is 37.8 Å². The molecule has 1 unspecified atom stereocenters. The summed E-state index contributed by atoms with van der Waals surface area (Å²) < 4.78 is 28.9. The van der Waals surface area contributed by atoms with Crippen LogP contribution in [0, 0.1) is 6.92 Å². The molecule has 218 valence electrons. The van der Waals surface area contributed by atoms with Gasteiger partial charge in [0.1, 0.15) is 12.6 Å². The standard InChI is InChI=1S/C33H34ClN3O4S/c1-3-35-33(39)31(22-26-14-6-4-7-15-26)36(23-27-16-12-13-25(2)21-27)32(38)24-37(30-20-11-10-19-29(30)34)42(40,41)28-17-8-5-9-18-28/h4-21,31H,3,22-24H2,1-2H3,(H,35,39). The summed E-state index contributed by atoms with van der Waals surface area (Å²) in [7, 11) is -4.20. The van der Waals surface area contributed by atoms with Crippen molar-refractivity contribution in [2.24, 2.45) is 0 Å². The van der Waals surface area contributed by atoms with Crippen molar-refractivity contribution in [3.8, 4) is 0 Å². The molecule has 9 heteroatoms. The monoisotopic (exact) mass is 603 g/mol. The van der Waals surface area contributed by atoms with Crippen LogP contribution < -0.4 is 9.62 Å². The normalized spacial score (nSPS) is 11.9. The maximum atomic E-state index is 14.3. The van der Waals surface area contributed by atoms with Gasteiger partial charge in [-0.3, -0.25) is 13.9 Å². The highest BCUT2D eigenvalue weighted by molar-refractivity contribution is 7.92. The summed E-state index contributed by atoms with van der Waals surface area (Å²) in [4.78, 5) is 29.4. The van der Waals surface area contributed by atoms with E-state index in [1.54, 1.807) is 42.5 Å². The van der Waals surface area contributed by atoms with Crippen LogP contribution in [0.3, 0.4) is 0 Å². The number of hydrogen-bond acceptors (Lipinski definition) is 4. The maximum absolute atomic E-state index is 14.3. The number of benzene rings is 4. The van der Waals surface area contributed by atoms with E-state index in [1.807, 2.05) is 68.4 Å². The predicted molar refractivity (Wildman–Crippen MR) is 167 cm³/mol. The Hall–Kier alpha value is -4.14. The largest absolute Gasteiger partial charge is 0.355 e. The molecule has 4 aromatic carbocycles. The van der Waals surface area contributed by atoms with Gasteiger partial charge in [0.15, 0.2) is 0 Å². The first-order valence-corrected chi connectivity index (χ1v) is 15.5. The first-order valence-electron chi connectivity index (χ1n) is 13.7. The van der Waals surface area contributed by atoms with Gasteiger partial charge in [-0.2, -0.15) is 0 Å². The van der Waals surface area contributed by atoms with Crippen LogP contribution in [-0.2, 0) is 32.6 Å². The summed E-state index contributed by atoms with van der Waals surface area (Å²) in [5.74, 6) is -0.860. The number of rotatable bonds is 12. The minimum atomic E-state index is -4.20. The molecule has 0 fully saturated rings. The van der Waals surface area contributed by atoms with Gasteiger partial charge in [0.05, 0.1) is 15.6 Å². The van der Waals surface area contributed by atoms with Gasteiger partial charge in [0.25, 0.3) is 10.0 Å². The highest BCUT2D eigenvalue weighted by Crippen LogP contribution is 2.31. The minimum Gasteiger partial charge on any atom is -0.355 e. The molecular formula is C33H34ClN3O4S. The Bertz CT molecular complexity index is 1610. The van der Waals surface area contributed by atoms with E-state index < -0.39 is 28.5 Å². The summed E-state index contributed by atoms with van der Waals surface area (Å²) in [6.07, 6.45) is 0.252. The zero-order chi connectivity index (χ0) is 30.1. The topological polar surface area (TPSA) is 86.8 Å². The molecule has 0 heterocycles. The van der Waals surface area contributed by atoms with E-state index in [4.69, 9.17) is 11.6 Å². The molecule has 0 bridgehead atoms. The van der Waals surface area contributed by atoms with Gasteiger partial charge < -0.3 is 10.2 Å². The van der Waals surface area contributed by atoms with Crippen LogP contribution in [0.15, 0.2) is 114 Å². The van der Waals surface area contributed by atoms with E-state index in [9.17, 15) is 18.0 Å².